The molecule has 3 nitrogen and oxygen atoms in total. The zero-order chi connectivity index (χ0) is 8.60. The largest absolute Gasteiger partial charge is 0.337 e. The summed E-state index contributed by atoms with van der Waals surface area (Å²) in [5.41, 5.74) is 0.261. The number of carbonyl (C=O) groups excluding carboxylic acids is 1. The Balaban J connectivity index is 2.05. The second kappa shape index (κ2) is 2.73. The normalized spacial score (nSPS) is 26.9. The third-order valence-corrected chi connectivity index (χ3v) is 3.29. The number of piperidine rings is 1. The number of hydrogen-bond acceptors (Lipinski definition) is 2. The van der Waals surface area contributed by atoms with Crippen LogP contribution in [-0.2, 0) is 4.79 Å². The molecule has 2 aliphatic rings. The fourth-order valence-electron chi connectivity index (χ4n) is 2.44. The number of hydrogen-bond donors (Lipinski definition) is 1. The van der Waals surface area contributed by atoms with Crippen molar-refractivity contribution >= 4 is 5.91 Å². The Bertz CT molecular complexity index is 197. The number of likely N-dealkylation sites (tertiary alicyclic amines) is 1. The lowest BCUT2D eigenvalue weighted by atomic mass is 9.77. The summed E-state index contributed by atoms with van der Waals surface area (Å²) < 4.78 is 0. The van der Waals surface area contributed by atoms with Crippen LogP contribution in [0.1, 0.15) is 26.2 Å². The molecule has 2 rings (SSSR count). The maximum Gasteiger partial charge on any atom is 0.219 e. The van der Waals surface area contributed by atoms with Gasteiger partial charge in [0, 0.05) is 19.0 Å². The van der Waals surface area contributed by atoms with Gasteiger partial charge in [-0.05, 0) is 32.4 Å². The molecule has 0 unspecified atom stereocenters. The molecular formula is C9H16N2O. The lowest BCUT2D eigenvalue weighted by Gasteiger charge is -2.54. The molecule has 0 atom stereocenters. The summed E-state index contributed by atoms with van der Waals surface area (Å²) in [6.45, 7) is 4.81. The SMILES string of the molecule is CC(=O)N1CCC12CCNCC2. The van der Waals surface area contributed by atoms with E-state index in [0.717, 1.165) is 32.5 Å². The van der Waals surface area contributed by atoms with Crippen molar-refractivity contribution in [3.63, 3.8) is 0 Å². The molecule has 0 saturated carbocycles. The summed E-state index contributed by atoms with van der Waals surface area (Å²) in [5.74, 6) is 0.253. The van der Waals surface area contributed by atoms with Crippen molar-refractivity contribution in [1.29, 1.82) is 0 Å². The van der Waals surface area contributed by atoms with Gasteiger partial charge in [0.1, 0.15) is 0 Å². The molecule has 12 heavy (non-hydrogen) atoms. The van der Waals surface area contributed by atoms with Crippen LogP contribution in [0.4, 0.5) is 0 Å². The standard InChI is InChI=1S/C9H16N2O/c1-8(12)11-7-4-9(11)2-5-10-6-3-9/h10H,2-7H2,1H3. The highest BCUT2D eigenvalue weighted by Crippen LogP contribution is 2.37. The number of amides is 1. The van der Waals surface area contributed by atoms with Gasteiger partial charge in [-0.15, -0.1) is 0 Å². The Morgan fingerprint density at radius 1 is 1.33 bits per heavy atom. The molecule has 1 N–H and O–H groups in total. The first-order valence-corrected chi connectivity index (χ1v) is 4.74. The van der Waals surface area contributed by atoms with Crippen molar-refractivity contribution in [3.05, 3.63) is 0 Å². The summed E-state index contributed by atoms with van der Waals surface area (Å²) >= 11 is 0. The number of nitrogens with zero attached hydrogens (tertiary/aromatic N) is 1. The zero-order valence-electron chi connectivity index (χ0n) is 7.60. The highest BCUT2D eigenvalue weighted by atomic mass is 16.2. The van der Waals surface area contributed by atoms with E-state index in [2.05, 4.69) is 5.32 Å². The van der Waals surface area contributed by atoms with E-state index < -0.39 is 0 Å². The molecule has 0 bridgehead atoms. The molecule has 2 heterocycles. The first-order chi connectivity index (χ1) is 5.75. The molecule has 2 aliphatic heterocycles. The summed E-state index contributed by atoms with van der Waals surface area (Å²) in [6, 6.07) is 0. The minimum atomic E-state index is 0.253. The topological polar surface area (TPSA) is 32.3 Å². The maximum atomic E-state index is 11.2. The molecule has 2 saturated heterocycles. The number of rotatable bonds is 0. The van der Waals surface area contributed by atoms with Gasteiger partial charge in [-0.1, -0.05) is 0 Å². The van der Waals surface area contributed by atoms with Crippen LogP contribution in [0.3, 0.4) is 0 Å². The van der Waals surface area contributed by atoms with Crippen LogP contribution in [0, 0.1) is 0 Å². The lowest BCUT2D eigenvalue weighted by Crippen LogP contribution is -2.64. The Morgan fingerprint density at radius 2 is 2.00 bits per heavy atom. The molecular weight excluding hydrogens is 152 g/mol. The van der Waals surface area contributed by atoms with Crippen LogP contribution in [-0.4, -0.2) is 36.0 Å². The lowest BCUT2D eigenvalue weighted by molar-refractivity contribution is -0.147. The maximum absolute atomic E-state index is 11.2. The van der Waals surface area contributed by atoms with Gasteiger partial charge < -0.3 is 10.2 Å². The van der Waals surface area contributed by atoms with Crippen LogP contribution in [0.2, 0.25) is 0 Å². The smallest absolute Gasteiger partial charge is 0.219 e. The molecule has 0 aromatic carbocycles. The van der Waals surface area contributed by atoms with E-state index in [1.807, 2.05) is 4.90 Å². The van der Waals surface area contributed by atoms with Gasteiger partial charge in [0.15, 0.2) is 0 Å². The summed E-state index contributed by atoms with van der Waals surface area (Å²) in [7, 11) is 0. The Hall–Kier alpha value is -0.570. The van der Waals surface area contributed by atoms with E-state index >= 15 is 0 Å². The van der Waals surface area contributed by atoms with E-state index in [4.69, 9.17) is 0 Å². The van der Waals surface area contributed by atoms with Crippen molar-refractivity contribution in [2.24, 2.45) is 0 Å². The third kappa shape index (κ3) is 1.04. The van der Waals surface area contributed by atoms with Crippen LogP contribution < -0.4 is 5.32 Å². The predicted molar refractivity (Wildman–Crippen MR) is 46.8 cm³/mol. The second-order valence-electron chi connectivity index (χ2n) is 3.89. The number of nitrogens with one attached hydrogen (secondary N) is 1. The van der Waals surface area contributed by atoms with Crippen LogP contribution in [0.15, 0.2) is 0 Å². The first-order valence-electron chi connectivity index (χ1n) is 4.74. The van der Waals surface area contributed by atoms with Crippen LogP contribution >= 0.6 is 0 Å². The first kappa shape index (κ1) is 8.05. The van der Waals surface area contributed by atoms with Gasteiger partial charge in [-0.25, -0.2) is 0 Å². The highest BCUT2D eigenvalue weighted by Gasteiger charge is 2.46. The van der Waals surface area contributed by atoms with Crippen molar-refractivity contribution in [1.82, 2.24) is 10.2 Å². The van der Waals surface area contributed by atoms with Gasteiger partial charge >= 0.3 is 0 Å². The Kier molecular flexibility index (Phi) is 1.83. The quantitative estimate of drug-likeness (QED) is 0.566. The molecule has 3 heteroatoms. The van der Waals surface area contributed by atoms with Gasteiger partial charge in [0.2, 0.25) is 5.91 Å². The van der Waals surface area contributed by atoms with Crippen LogP contribution in [0.25, 0.3) is 0 Å². The fraction of sp³-hybridized carbons (Fsp3) is 0.889. The van der Waals surface area contributed by atoms with E-state index in [0.29, 0.717) is 0 Å². The van der Waals surface area contributed by atoms with E-state index in [-0.39, 0.29) is 11.4 Å². The molecule has 1 spiro atoms. The summed E-state index contributed by atoms with van der Waals surface area (Å²) in [4.78, 5) is 13.3. The van der Waals surface area contributed by atoms with Gasteiger partial charge in [0.25, 0.3) is 0 Å². The van der Waals surface area contributed by atoms with E-state index in [9.17, 15) is 4.79 Å². The molecule has 0 radical (unpaired) electrons. The number of carbonyl (C=O) groups is 1. The van der Waals surface area contributed by atoms with Crippen molar-refractivity contribution < 1.29 is 4.79 Å². The van der Waals surface area contributed by atoms with E-state index in [1.54, 1.807) is 6.92 Å². The van der Waals surface area contributed by atoms with E-state index in [1.165, 1.54) is 6.42 Å². The molecule has 1 amide bonds. The average molecular weight is 168 g/mol. The highest BCUT2D eigenvalue weighted by molar-refractivity contribution is 5.75. The monoisotopic (exact) mass is 168 g/mol. The van der Waals surface area contributed by atoms with Gasteiger partial charge in [-0.2, -0.15) is 0 Å². The fourth-order valence-corrected chi connectivity index (χ4v) is 2.44. The summed E-state index contributed by atoms with van der Waals surface area (Å²) in [5, 5.41) is 3.33. The van der Waals surface area contributed by atoms with Crippen molar-refractivity contribution in [3.8, 4) is 0 Å². The molecule has 68 valence electrons. The van der Waals surface area contributed by atoms with Crippen LogP contribution in [0.5, 0.6) is 0 Å². The van der Waals surface area contributed by atoms with Crippen molar-refractivity contribution in [2.75, 3.05) is 19.6 Å². The minimum absolute atomic E-state index is 0.253. The predicted octanol–water partition coefficient (Wildman–Crippen LogP) is 0.361. The summed E-state index contributed by atoms with van der Waals surface area (Å²) in [6.07, 6.45) is 3.51. The molecule has 0 aliphatic carbocycles. The molecule has 0 aromatic heterocycles. The van der Waals surface area contributed by atoms with Crippen molar-refractivity contribution in [2.45, 2.75) is 31.7 Å². The Morgan fingerprint density at radius 3 is 2.42 bits per heavy atom. The zero-order valence-corrected chi connectivity index (χ0v) is 7.60. The Labute approximate surface area is 73.1 Å². The molecule has 2 fully saturated rings. The minimum Gasteiger partial charge on any atom is -0.337 e. The third-order valence-electron chi connectivity index (χ3n) is 3.29. The van der Waals surface area contributed by atoms with Gasteiger partial charge in [0.05, 0.1) is 0 Å². The molecule has 0 aromatic rings. The second-order valence-corrected chi connectivity index (χ2v) is 3.89. The van der Waals surface area contributed by atoms with Gasteiger partial charge in [-0.3, -0.25) is 4.79 Å². The average Bonchev–Trinajstić information content (AvgIpc) is 2.03.